The van der Waals surface area contributed by atoms with Gasteiger partial charge in [0.05, 0.1) is 17.8 Å². The van der Waals surface area contributed by atoms with Crippen molar-refractivity contribution in [3.63, 3.8) is 0 Å². The summed E-state index contributed by atoms with van der Waals surface area (Å²) in [6.07, 6.45) is 4.80. The summed E-state index contributed by atoms with van der Waals surface area (Å²) in [5, 5.41) is 3.56. The minimum Gasteiger partial charge on any atom is -0.496 e. The number of benzene rings is 1. The lowest BCUT2D eigenvalue weighted by Gasteiger charge is -2.07. The molecule has 0 saturated carbocycles. The number of nitrogens with one attached hydrogen (secondary N) is 1. The molecule has 0 bridgehead atoms. The molecule has 0 unspecified atom stereocenters. The predicted octanol–water partition coefficient (Wildman–Crippen LogP) is 4.06. The molecule has 25 heavy (non-hydrogen) atoms. The number of amides is 1. The van der Waals surface area contributed by atoms with Crippen molar-refractivity contribution < 1.29 is 9.53 Å². The number of para-hydroxylation sites is 1. The number of carbonyl (C=O) groups is 1. The molecule has 6 nitrogen and oxygen atoms in total. The van der Waals surface area contributed by atoms with Crippen molar-refractivity contribution in [2.45, 2.75) is 0 Å². The van der Waals surface area contributed by atoms with Crippen molar-refractivity contribution in [2.75, 3.05) is 12.8 Å². The highest BCUT2D eigenvalue weighted by molar-refractivity contribution is 6.46. The Morgan fingerprint density at radius 3 is 2.72 bits per heavy atom. The molecule has 0 fully saturated rings. The van der Waals surface area contributed by atoms with E-state index in [9.17, 15) is 4.79 Å². The van der Waals surface area contributed by atoms with Gasteiger partial charge in [-0.25, -0.2) is 10.4 Å². The first-order valence-corrected chi connectivity index (χ1v) is 8.02. The van der Waals surface area contributed by atoms with Crippen molar-refractivity contribution in [3.05, 3.63) is 56.8 Å². The van der Waals surface area contributed by atoms with E-state index < -0.39 is 5.91 Å². The van der Waals surface area contributed by atoms with E-state index in [1.54, 1.807) is 19.3 Å². The number of halogens is 3. The number of nitrogens with two attached hydrogens (primary N) is 1. The molecule has 0 radical (unpaired) electrons. The van der Waals surface area contributed by atoms with Gasteiger partial charge in [0.2, 0.25) is 0 Å². The third-order valence-electron chi connectivity index (χ3n) is 3.03. The van der Waals surface area contributed by atoms with Crippen molar-refractivity contribution in [1.82, 2.24) is 10.4 Å². The number of nitrogen functional groups attached to an aromatic ring is 1. The quantitative estimate of drug-likeness (QED) is 0.451. The number of anilines is 1. The van der Waals surface area contributed by atoms with E-state index in [0.29, 0.717) is 0 Å². The van der Waals surface area contributed by atoms with Crippen LogP contribution in [0.2, 0.25) is 15.2 Å². The maximum absolute atomic E-state index is 12.0. The molecule has 2 aromatic rings. The molecule has 9 heteroatoms. The van der Waals surface area contributed by atoms with Gasteiger partial charge in [-0.3, -0.25) is 4.79 Å². The number of methoxy groups -OCH3 is 1. The van der Waals surface area contributed by atoms with Crippen LogP contribution in [-0.4, -0.2) is 24.2 Å². The second kappa shape index (κ2) is 8.71. The van der Waals surface area contributed by atoms with E-state index in [1.165, 1.54) is 6.21 Å². The fraction of sp³-hybridized carbons (Fsp3) is 0.0625. The minimum absolute atomic E-state index is 0.00791. The van der Waals surface area contributed by atoms with Gasteiger partial charge >= 0.3 is 0 Å². The van der Waals surface area contributed by atoms with Crippen LogP contribution in [0, 0.1) is 0 Å². The summed E-state index contributed by atoms with van der Waals surface area (Å²) in [5.74, 6) is 0.0515. The zero-order chi connectivity index (χ0) is 18.4. The molecule has 0 saturated heterocycles. The molecule has 1 aromatic carbocycles. The van der Waals surface area contributed by atoms with E-state index in [4.69, 9.17) is 45.3 Å². The van der Waals surface area contributed by atoms with Crippen LogP contribution in [-0.2, 0) is 0 Å². The zero-order valence-electron chi connectivity index (χ0n) is 13.0. The highest BCUT2D eigenvalue weighted by Crippen LogP contribution is 2.34. The van der Waals surface area contributed by atoms with Gasteiger partial charge in [0.1, 0.15) is 10.8 Å². The monoisotopic (exact) mass is 398 g/mol. The fourth-order valence-electron chi connectivity index (χ4n) is 1.82. The Labute approximate surface area is 159 Å². The van der Waals surface area contributed by atoms with Gasteiger partial charge in [-0.1, -0.05) is 53.0 Å². The topological polar surface area (TPSA) is 89.6 Å². The maximum atomic E-state index is 12.0. The summed E-state index contributed by atoms with van der Waals surface area (Å²) >= 11 is 17.5. The second-order valence-electron chi connectivity index (χ2n) is 4.61. The van der Waals surface area contributed by atoms with E-state index in [-0.39, 0.29) is 26.6 Å². The molecule has 2 rings (SSSR count). The van der Waals surface area contributed by atoms with Crippen LogP contribution in [0.5, 0.6) is 5.75 Å². The van der Waals surface area contributed by atoms with Crippen LogP contribution in [0.1, 0.15) is 16.1 Å². The Balaban J connectivity index is 2.05. The summed E-state index contributed by atoms with van der Waals surface area (Å²) in [4.78, 5) is 15.8. The first-order chi connectivity index (χ1) is 12.0. The molecule has 0 aliphatic carbocycles. The molecule has 3 N–H and O–H groups in total. The summed E-state index contributed by atoms with van der Waals surface area (Å²) in [6.45, 7) is 0. The summed E-state index contributed by atoms with van der Waals surface area (Å²) < 4.78 is 5.22. The zero-order valence-corrected chi connectivity index (χ0v) is 15.2. The Hall–Kier alpha value is -2.28. The molecule has 130 valence electrons. The van der Waals surface area contributed by atoms with Crippen LogP contribution >= 0.6 is 34.8 Å². The Morgan fingerprint density at radius 1 is 1.28 bits per heavy atom. The van der Waals surface area contributed by atoms with Gasteiger partial charge in [-0.2, -0.15) is 5.10 Å². The van der Waals surface area contributed by atoms with E-state index >= 15 is 0 Å². The number of nitrogens with zero attached hydrogens (tertiary/aromatic N) is 2. The van der Waals surface area contributed by atoms with Gasteiger partial charge in [-0.15, -0.1) is 0 Å². The predicted molar refractivity (Wildman–Crippen MR) is 102 cm³/mol. The van der Waals surface area contributed by atoms with Gasteiger partial charge in [0.25, 0.3) is 5.91 Å². The molecule has 0 aliphatic heterocycles. The molecule has 1 amide bonds. The lowest BCUT2D eigenvalue weighted by molar-refractivity contribution is 0.0950. The Bertz CT molecular complexity index is 854. The molecule has 1 aromatic heterocycles. The Kier molecular flexibility index (Phi) is 6.64. The number of allylic oxidation sites excluding steroid dienone is 1. The molecular formula is C16H13Cl3N4O2. The van der Waals surface area contributed by atoms with Crippen LogP contribution in [0.25, 0.3) is 6.08 Å². The van der Waals surface area contributed by atoms with Crippen molar-refractivity contribution in [2.24, 2.45) is 5.10 Å². The SMILES string of the molecule is COc1ccccc1/C=C/C=N/NC(=O)c1nc(Cl)c(Cl)c(N)c1Cl. The first-order valence-electron chi connectivity index (χ1n) is 6.88. The number of hydrogen-bond donors (Lipinski definition) is 2. The molecule has 0 spiro atoms. The van der Waals surface area contributed by atoms with Crippen LogP contribution in [0.4, 0.5) is 5.69 Å². The smallest absolute Gasteiger partial charge is 0.291 e. The third kappa shape index (κ3) is 4.63. The first kappa shape index (κ1) is 19.1. The van der Waals surface area contributed by atoms with E-state index in [2.05, 4.69) is 15.5 Å². The van der Waals surface area contributed by atoms with Gasteiger partial charge < -0.3 is 10.5 Å². The van der Waals surface area contributed by atoms with Gasteiger partial charge in [-0.05, 0) is 18.2 Å². The van der Waals surface area contributed by atoms with E-state index in [0.717, 1.165) is 11.3 Å². The van der Waals surface area contributed by atoms with Crippen molar-refractivity contribution in [3.8, 4) is 5.75 Å². The number of carbonyl (C=O) groups excluding carboxylic acids is 1. The second-order valence-corrected chi connectivity index (χ2v) is 5.73. The highest BCUT2D eigenvalue weighted by atomic mass is 35.5. The van der Waals surface area contributed by atoms with Gasteiger partial charge in [0, 0.05) is 11.8 Å². The normalized spacial score (nSPS) is 11.2. The number of hydrazone groups is 1. The number of ether oxygens (including phenoxy) is 1. The highest BCUT2D eigenvalue weighted by Gasteiger charge is 2.19. The minimum atomic E-state index is -0.669. The molecule has 0 atom stereocenters. The Morgan fingerprint density at radius 2 is 2.00 bits per heavy atom. The fourth-order valence-corrected chi connectivity index (χ4v) is 2.42. The van der Waals surface area contributed by atoms with Crippen LogP contribution < -0.4 is 15.9 Å². The summed E-state index contributed by atoms with van der Waals surface area (Å²) in [7, 11) is 1.58. The molecule has 0 aliphatic rings. The molecule has 1 heterocycles. The van der Waals surface area contributed by atoms with Crippen LogP contribution in [0.3, 0.4) is 0 Å². The molecular weight excluding hydrogens is 387 g/mol. The number of pyridine rings is 1. The number of rotatable bonds is 5. The average molecular weight is 400 g/mol. The lowest BCUT2D eigenvalue weighted by Crippen LogP contribution is -2.20. The summed E-state index contributed by atoms with van der Waals surface area (Å²) in [5.41, 5.74) is 8.61. The van der Waals surface area contributed by atoms with Gasteiger partial charge in [0.15, 0.2) is 10.8 Å². The standard InChI is InChI=1S/C16H13Cl3N4O2/c1-25-10-7-3-2-5-9(10)6-4-8-21-23-16(24)14-11(17)13(20)12(18)15(19)22-14/h2-8H,1H3,(H2,20,22)(H,23,24)/b6-4+,21-8+. The number of aromatic nitrogens is 1. The summed E-state index contributed by atoms with van der Waals surface area (Å²) in [6, 6.07) is 7.46. The lowest BCUT2D eigenvalue weighted by atomic mass is 10.2. The largest absolute Gasteiger partial charge is 0.496 e. The van der Waals surface area contributed by atoms with Crippen molar-refractivity contribution in [1.29, 1.82) is 0 Å². The van der Waals surface area contributed by atoms with E-state index in [1.807, 2.05) is 24.3 Å². The average Bonchev–Trinajstić information content (AvgIpc) is 2.62. The maximum Gasteiger partial charge on any atom is 0.291 e. The van der Waals surface area contributed by atoms with Crippen molar-refractivity contribution >= 4 is 58.7 Å². The third-order valence-corrected chi connectivity index (χ3v) is 4.16. The van der Waals surface area contributed by atoms with Crippen LogP contribution in [0.15, 0.2) is 35.4 Å². The number of hydrogen-bond acceptors (Lipinski definition) is 5.